The fourth-order valence-electron chi connectivity index (χ4n) is 2.68. The molecule has 5 nitrogen and oxygen atoms in total. The number of hydrogen-bond donors (Lipinski definition) is 2. The Bertz CT molecular complexity index is 639. The summed E-state index contributed by atoms with van der Waals surface area (Å²) in [7, 11) is 0. The van der Waals surface area contributed by atoms with Gasteiger partial charge in [0.2, 0.25) is 0 Å². The first-order chi connectivity index (χ1) is 11.7. The van der Waals surface area contributed by atoms with Gasteiger partial charge in [0.1, 0.15) is 11.6 Å². The maximum atomic E-state index is 5.68. The second-order valence-corrected chi connectivity index (χ2v) is 6.62. The molecule has 24 heavy (non-hydrogen) atoms. The third kappa shape index (κ3) is 4.68. The van der Waals surface area contributed by atoms with Gasteiger partial charge < -0.3 is 15.4 Å². The Balaban J connectivity index is 1.78. The number of nitrogens with zero attached hydrogens (tertiary/aromatic N) is 2. The number of ether oxygens (including phenoxy) is 1. The molecule has 3 rings (SSSR count). The normalized spacial score (nSPS) is 17.2. The van der Waals surface area contributed by atoms with E-state index in [2.05, 4.69) is 34.4 Å². The summed E-state index contributed by atoms with van der Waals surface area (Å²) in [5, 5.41) is 6.81. The van der Waals surface area contributed by atoms with Crippen molar-refractivity contribution in [3.05, 3.63) is 36.4 Å². The van der Waals surface area contributed by atoms with Crippen molar-refractivity contribution >= 4 is 11.6 Å². The number of anilines is 2. The number of hydrogen-bond acceptors (Lipinski definition) is 5. The lowest BCUT2D eigenvalue weighted by atomic mass is 10.2. The molecule has 1 fully saturated rings. The first-order valence-electron chi connectivity index (χ1n) is 8.74. The van der Waals surface area contributed by atoms with Crippen LogP contribution >= 0.6 is 0 Å². The highest BCUT2D eigenvalue weighted by Crippen LogP contribution is 2.21. The van der Waals surface area contributed by atoms with Crippen LogP contribution in [0.3, 0.4) is 0 Å². The van der Waals surface area contributed by atoms with Crippen LogP contribution < -0.4 is 10.6 Å². The summed E-state index contributed by atoms with van der Waals surface area (Å²) < 4.78 is 5.68. The Kier molecular flexibility index (Phi) is 5.64. The highest BCUT2D eigenvalue weighted by molar-refractivity contribution is 5.61. The second kappa shape index (κ2) is 8.11. The van der Waals surface area contributed by atoms with E-state index in [9.17, 15) is 0 Å². The third-order valence-corrected chi connectivity index (χ3v) is 3.98. The first-order valence-corrected chi connectivity index (χ1v) is 8.74. The lowest BCUT2D eigenvalue weighted by molar-refractivity contribution is 0.120. The van der Waals surface area contributed by atoms with Crippen LogP contribution in [0.15, 0.2) is 36.4 Å². The number of nitrogens with one attached hydrogen (secondary N) is 2. The quantitative estimate of drug-likeness (QED) is 0.810. The molecule has 0 amide bonds. The lowest BCUT2D eigenvalue weighted by Gasteiger charge is -2.14. The highest BCUT2D eigenvalue weighted by Gasteiger charge is 2.15. The van der Waals surface area contributed by atoms with Crippen molar-refractivity contribution in [2.45, 2.75) is 32.8 Å². The van der Waals surface area contributed by atoms with Crippen molar-refractivity contribution in [2.24, 2.45) is 5.92 Å². The molecular formula is C19H26N4O. The van der Waals surface area contributed by atoms with E-state index >= 15 is 0 Å². The van der Waals surface area contributed by atoms with Gasteiger partial charge in [-0.3, -0.25) is 0 Å². The average Bonchev–Trinajstić information content (AvgIpc) is 3.12. The standard InChI is InChI=1S/C19H26N4O/c1-14(2)12-20-17-11-18(21-13-16-9-6-10-24-16)23-19(22-17)15-7-4-3-5-8-15/h3-5,7-8,11,14,16H,6,9-10,12-13H2,1-2H3,(H2,20,21,22,23). The fourth-order valence-corrected chi connectivity index (χ4v) is 2.68. The minimum absolute atomic E-state index is 0.284. The molecule has 1 atom stereocenters. The Morgan fingerprint density at radius 2 is 1.88 bits per heavy atom. The molecule has 1 saturated heterocycles. The molecule has 1 aliphatic rings. The molecule has 0 radical (unpaired) electrons. The van der Waals surface area contributed by atoms with E-state index in [1.54, 1.807) is 0 Å². The van der Waals surface area contributed by atoms with Gasteiger partial charge in [-0.05, 0) is 18.8 Å². The molecule has 1 aliphatic heterocycles. The first kappa shape index (κ1) is 16.7. The van der Waals surface area contributed by atoms with Crippen molar-refractivity contribution in [1.82, 2.24) is 9.97 Å². The zero-order chi connectivity index (χ0) is 16.8. The maximum Gasteiger partial charge on any atom is 0.163 e. The van der Waals surface area contributed by atoms with Crippen LogP contribution in [0, 0.1) is 5.92 Å². The zero-order valence-electron chi connectivity index (χ0n) is 14.5. The molecule has 0 saturated carbocycles. The Morgan fingerprint density at radius 1 is 1.12 bits per heavy atom. The van der Waals surface area contributed by atoms with Crippen LogP contribution in [0.1, 0.15) is 26.7 Å². The van der Waals surface area contributed by atoms with Gasteiger partial charge in [-0.25, -0.2) is 9.97 Å². The van der Waals surface area contributed by atoms with Crippen LogP contribution in [-0.4, -0.2) is 35.8 Å². The average molecular weight is 326 g/mol. The smallest absolute Gasteiger partial charge is 0.163 e. The number of rotatable bonds is 7. The Hall–Kier alpha value is -2.14. The van der Waals surface area contributed by atoms with Crippen molar-refractivity contribution < 1.29 is 4.74 Å². The van der Waals surface area contributed by atoms with Crippen LogP contribution in [0.25, 0.3) is 11.4 Å². The van der Waals surface area contributed by atoms with Crippen molar-refractivity contribution in [3.8, 4) is 11.4 Å². The van der Waals surface area contributed by atoms with Crippen LogP contribution in [0.4, 0.5) is 11.6 Å². The molecule has 2 N–H and O–H groups in total. The van der Waals surface area contributed by atoms with Crippen LogP contribution in [-0.2, 0) is 4.74 Å². The summed E-state index contributed by atoms with van der Waals surface area (Å²) >= 11 is 0. The fraction of sp³-hybridized carbons (Fsp3) is 0.474. The van der Waals surface area contributed by atoms with Gasteiger partial charge in [0.05, 0.1) is 6.10 Å². The summed E-state index contributed by atoms with van der Waals surface area (Å²) in [4.78, 5) is 9.34. The summed E-state index contributed by atoms with van der Waals surface area (Å²) in [6.45, 7) is 6.91. The second-order valence-electron chi connectivity index (χ2n) is 6.62. The summed E-state index contributed by atoms with van der Waals surface area (Å²) in [5.41, 5.74) is 1.02. The molecule has 0 aliphatic carbocycles. The van der Waals surface area contributed by atoms with Gasteiger partial charge in [0, 0.05) is 31.3 Å². The van der Waals surface area contributed by atoms with Gasteiger partial charge in [-0.1, -0.05) is 44.2 Å². The SMILES string of the molecule is CC(C)CNc1cc(NCC2CCCO2)nc(-c2ccccc2)n1. The lowest BCUT2D eigenvalue weighted by Crippen LogP contribution is -2.19. The van der Waals surface area contributed by atoms with Gasteiger partial charge in [0.25, 0.3) is 0 Å². The molecule has 5 heteroatoms. The highest BCUT2D eigenvalue weighted by atomic mass is 16.5. The van der Waals surface area contributed by atoms with Crippen molar-refractivity contribution in [3.63, 3.8) is 0 Å². The molecule has 1 aromatic carbocycles. The Labute approximate surface area is 143 Å². The molecule has 0 bridgehead atoms. The van der Waals surface area contributed by atoms with Crippen molar-refractivity contribution in [2.75, 3.05) is 30.3 Å². The summed E-state index contributed by atoms with van der Waals surface area (Å²) in [5.74, 6) is 2.99. The summed E-state index contributed by atoms with van der Waals surface area (Å²) in [6, 6.07) is 12.1. The summed E-state index contributed by atoms with van der Waals surface area (Å²) in [6.07, 6.45) is 2.54. The third-order valence-electron chi connectivity index (χ3n) is 3.98. The van der Waals surface area contributed by atoms with E-state index in [0.717, 1.165) is 55.6 Å². The maximum absolute atomic E-state index is 5.68. The topological polar surface area (TPSA) is 59.1 Å². The molecule has 1 unspecified atom stereocenters. The molecule has 2 heterocycles. The minimum Gasteiger partial charge on any atom is -0.376 e. The van der Waals surface area contributed by atoms with E-state index in [-0.39, 0.29) is 6.10 Å². The van der Waals surface area contributed by atoms with Gasteiger partial charge in [0.15, 0.2) is 5.82 Å². The van der Waals surface area contributed by atoms with E-state index in [4.69, 9.17) is 4.74 Å². The van der Waals surface area contributed by atoms with Crippen LogP contribution in [0.5, 0.6) is 0 Å². The molecule has 0 spiro atoms. The Morgan fingerprint density at radius 3 is 2.54 bits per heavy atom. The zero-order valence-corrected chi connectivity index (χ0v) is 14.5. The number of benzene rings is 1. The van der Waals surface area contributed by atoms with E-state index in [0.29, 0.717) is 5.92 Å². The monoisotopic (exact) mass is 326 g/mol. The largest absolute Gasteiger partial charge is 0.376 e. The number of aromatic nitrogens is 2. The van der Waals surface area contributed by atoms with Gasteiger partial charge >= 0.3 is 0 Å². The molecular weight excluding hydrogens is 300 g/mol. The molecule has 128 valence electrons. The van der Waals surface area contributed by atoms with Crippen LogP contribution in [0.2, 0.25) is 0 Å². The van der Waals surface area contributed by atoms with Gasteiger partial charge in [-0.15, -0.1) is 0 Å². The van der Waals surface area contributed by atoms with E-state index in [1.165, 1.54) is 0 Å². The van der Waals surface area contributed by atoms with E-state index in [1.807, 2.05) is 36.4 Å². The minimum atomic E-state index is 0.284. The predicted molar refractivity (Wildman–Crippen MR) is 98.3 cm³/mol. The molecule has 2 aromatic rings. The molecule has 1 aromatic heterocycles. The predicted octanol–water partition coefficient (Wildman–Crippen LogP) is 3.80. The van der Waals surface area contributed by atoms with Gasteiger partial charge in [-0.2, -0.15) is 0 Å². The van der Waals surface area contributed by atoms with E-state index < -0.39 is 0 Å². The van der Waals surface area contributed by atoms with Crippen molar-refractivity contribution in [1.29, 1.82) is 0 Å².